The van der Waals surface area contributed by atoms with Crippen LogP contribution in [0.5, 0.6) is 0 Å². The van der Waals surface area contributed by atoms with Gasteiger partial charge >= 0.3 is 0 Å². The van der Waals surface area contributed by atoms with Gasteiger partial charge in [-0.2, -0.15) is 0 Å². The largest absolute Gasteiger partial charge is 0.310 e. The summed E-state index contributed by atoms with van der Waals surface area (Å²) in [6.45, 7) is 5.06. The third kappa shape index (κ3) is 4.54. The lowest BCUT2D eigenvalue weighted by Crippen LogP contribution is -2.20. The van der Waals surface area contributed by atoms with Crippen molar-refractivity contribution in [3.05, 3.63) is 19.9 Å². The number of nitrogens with one attached hydrogen (secondary N) is 1. The molecule has 0 spiro atoms. The molecule has 0 aliphatic carbocycles. The van der Waals surface area contributed by atoms with Crippen LogP contribution in [0.2, 0.25) is 0 Å². The third-order valence-corrected chi connectivity index (χ3v) is 3.98. The van der Waals surface area contributed by atoms with E-state index in [1.165, 1.54) is 8.45 Å². The standard InChI is InChI=1S/C12H16INS/c1-3-5-6-7-11(14-4-2)10-8-12(13)15-9-10/h8-9,11,14H,4,6-7H2,1-2H3. The van der Waals surface area contributed by atoms with Crippen molar-refractivity contribution in [2.45, 2.75) is 32.7 Å². The highest BCUT2D eigenvalue weighted by Gasteiger charge is 2.10. The molecule has 0 aliphatic rings. The molecule has 0 aromatic carbocycles. The van der Waals surface area contributed by atoms with Gasteiger partial charge in [-0.15, -0.1) is 23.2 Å². The zero-order chi connectivity index (χ0) is 11.1. The zero-order valence-electron chi connectivity index (χ0n) is 9.14. The van der Waals surface area contributed by atoms with Gasteiger partial charge in [-0.1, -0.05) is 6.92 Å². The van der Waals surface area contributed by atoms with E-state index < -0.39 is 0 Å². The molecule has 0 radical (unpaired) electrons. The molecule has 0 fully saturated rings. The van der Waals surface area contributed by atoms with E-state index in [-0.39, 0.29) is 0 Å². The van der Waals surface area contributed by atoms with Gasteiger partial charge in [-0.05, 0) is 59.5 Å². The van der Waals surface area contributed by atoms with Crippen molar-refractivity contribution in [2.75, 3.05) is 6.54 Å². The second kappa shape index (κ2) is 7.26. The van der Waals surface area contributed by atoms with Gasteiger partial charge in [0.25, 0.3) is 0 Å². The minimum absolute atomic E-state index is 0.468. The first-order valence-corrected chi connectivity index (χ1v) is 7.10. The molecule has 1 atom stereocenters. The van der Waals surface area contributed by atoms with E-state index in [1.54, 1.807) is 0 Å². The highest BCUT2D eigenvalue weighted by molar-refractivity contribution is 14.1. The molecule has 1 N–H and O–H groups in total. The fourth-order valence-corrected chi connectivity index (χ4v) is 2.91. The quantitative estimate of drug-likeness (QED) is 0.638. The number of hydrogen-bond donors (Lipinski definition) is 1. The Morgan fingerprint density at radius 3 is 2.93 bits per heavy atom. The Bertz CT molecular complexity index is 348. The van der Waals surface area contributed by atoms with E-state index in [0.29, 0.717) is 6.04 Å². The van der Waals surface area contributed by atoms with Crippen LogP contribution in [-0.2, 0) is 0 Å². The first-order chi connectivity index (χ1) is 7.27. The predicted octanol–water partition coefficient (Wildman–Crippen LogP) is 3.81. The van der Waals surface area contributed by atoms with Gasteiger partial charge in [-0.25, -0.2) is 0 Å². The molecular weight excluding hydrogens is 317 g/mol. The normalized spacial score (nSPS) is 11.9. The Kier molecular flexibility index (Phi) is 6.30. The highest BCUT2D eigenvalue weighted by atomic mass is 127. The molecule has 3 heteroatoms. The van der Waals surface area contributed by atoms with Crippen LogP contribution < -0.4 is 5.32 Å². The molecular formula is C12H16INS. The molecule has 15 heavy (non-hydrogen) atoms. The van der Waals surface area contributed by atoms with Gasteiger partial charge in [0.15, 0.2) is 0 Å². The SMILES string of the molecule is CC#CCCC(NCC)c1csc(I)c1. The maximum atomic E-state index is 3.51. The summed E-state index contributed by atoms with van der Waals surface area (Å²) in [7, 11) is 0. The topological polar surface area (TPSA) is 12.0 Å². The van der Waals surface area contributed by atoms with E-state index in [9.17, 15) is 0 Å². The Labute approximate surface area is 110 Å². The molecule has 1 aromatic heterocycles. The summed E-state index contributed by atoms with van der Waals surface area (Å²) >= 11 is 4.18. The molecule has 0 saturated carbocycles. The zero-order valence-corrected chi connectivity index (χ0v) is 12.1. The number of rotatable bonds is 5. The second-order valence-corrected chi connectivity index (χ2v) is 6.07. The van der Waals surface area contributed by atoms with Gasteiger partial charge in [0, 0.05) is 12.5 Å². The molecule has 0 amide bonds. The first-order valence-electron chi connectivity index (χ1n) is 5.14. The maximum absolute atomic E-state index is 3.51. The van der Waals surface area contributed by atoms with E-state index in [4.69, 9.17) is 0 Å². The molecule has 0 aliphatic heterocycles. The smallest absolute Gasteiger partial charge is 0.0656 e. The van der Waals surface area contributed by atoms with Crippen LogP contribution in [0.3, 0.4) is 0 Å². The van der Waals surface area contributed by atoms with E-state index in [1.807, 2.05) is 18.3 Å². The first kappa shape index (κ1) is 13.0. The number of halogens is 1. The Morgan fingerprint density at radius 1 is 1.60 bits per heavy atom. The third-order valence-electron chi connectivity index (χ3n) is 2.18. The summed E-state index contributed by atoms with van der Waals surface area (Å²) in [6.07, 6.45) is 2.07. The minimum atomic E-state index is 0.468. The van der Waals surface area contributed by atoms with Gasteiger partial charge in [0.1, 0.15) is 0 Å². The van der Waals surface area contributed by atoms with Crippen LogP contribution in [0.25, 0.3) is 0 Å². The van der Waals surface area contributed by atoms with E-state index in [0.717, 1.165) is 19.4 Å². The minimum Gasteiger partial charge on any atom is -0.310 e. The molecule has 1 rings (SSSR count). The Balaban J connectivity index is 2.59. The van der Waals surface area contributed by atoms with Crippen LogP contribution in [0.1, 0.15) is 38.3 Å². The molecule has 1 unspecified atom stereocenters. The summed E-state index contributed by atoms with van der Waals surface area (Å²) in [4.78, 5) is 0. The molecule has 0 saturated heterocycles. The van der Waals surface area contributed by atoms with E-state index in [2.05, 4.69) is 58.1 Å². The molecule has 82 valence electrons. The average molecular weight is 333 g/mol. The Hall–Kier alpha value is -0.0500. The Morgan fingerprint density at radius 2 is 2.40 bits per heavy atom. The van der Waals surface area contributed by atoms with Crippen molar-refractivity contribution in [1.82, 2.24) is 5.32 Å². The maximum Gasteiger partial charge on any atom is 0.0656 e. The van der Waals surface area contributed by atoms with Crippen LogP contribution in [-0.4, -0.2) is 6.54 Å². The molecule has 1 aromatic rings. The summed E-state index contributed by atoms with van der Waals surface area (Å²) in [6, 6.07) is 2.73. The van der Waals surface area contributed by atoms with Crippen molar-refractivity contribution >= 4 is 33.9 Å². The van der Waals surface area contributed by atoms with Gasteiger partial charge in [-0.3, -0.25) is 0 Å². The van der Waals surface area contributed by atoms with Gasteiger partial charge in [0.05, 0.1) is 2.88 Å². The lowest BCUT2D eigenvalue weighted by molar-refractivity contribution is 0.524. The van der Waals surface area contributed by atoms with E-state index >= 15 is 0 Å². The van der Waals surface area contributed by atoms with Crippen molar-refractivity contribution in [1.29, 1.82) is 0 Å². The lowest BCUT2D eigenvalue weighted by atomic mass is 10.1. The number of hydrogen-bond acceptors (Lipinski definition) is 2. The predicted molar refractivity (Wildman–Crippen MR) is 76.1 cm³/mol. The summed E-state index contributed by atoms with van der Waals surface area (Å²) in [5, 5.41) is 5.75. The van der Waals surface area contributed by atoms with Gasteiger partial charge in [0.2, 0.25) is 0 Å². The van der Waals surface area contributed by atoms with Crippen molar-refractivity contribution < 1.29 is 0 Å². The summed E-state index contributed by atoms with van der Waals surface area (Å²) in [5.74, 6) is 6.07. The van der Waals surface area contributed by atoms with Crippen molar-refractivity contribution in [2.24, 2.45) is 0 Å². The highest BCUT2D eigenvalue weighted by Crippen LogP contribution is 2.25. The summed E-state index contributed by atoms with van der Waals surface area (Å²) in [5.41, 5.74) is 1.41. The van der Waals surface area contributed by atoms with Gasteiger partial charge < -0.3 is 5.32 Å². The van der Waals surface area contributed by atoms with Crippen LogP contribution >= 0.6 is 33.9 Å². The van der Waals surface area contributed by atoms with Crippen LogP contribution in [0, 0.1) is 14.7 Å². The second-order valence-electron chi connectivity index (χ2n) is 3.26. The summed E-state index contributed by atoms with van der Waals surface area (Å²) < 4.78 is 1.35. The monoisotopic (exact) mass is 333 g/mol. The fourth-order valence-electron chi connectivity index (χ4n) is 1.48. The van der Waals surface area contributed by atoms with Crippen molar-refractivity contribution in [3.63, 3.8) is 0 Å². The van der Waals surface area contributed by atoms with Crippen LogP contribution in [0.4, 0.5) is 0 Å². The number of thiophene rings is 1. The van der Waals surface area contributed by atoms with Crippen LogP contribution in [0.15, 0.2) is 11.4 Å². The van der Waals surface area contributed by atoms with Crippen molar-refractivity contribution in [3.8, 4) is 11.8 Å². The lowest BCUT2D eigenvalue weighted by Gasteiger charge is -2.15. The molecule has 0 bridgehead atoms. The molecule has 1 nitrogen and oxygen atoms in total. The average Bonchev–Trinajstić information content (AvgIpc) is 2.64. The molecule has 1 heterocycles. The fraction of sp³-hybridized carbons (Fsp3) is 0.500.